The van der Waals surface area contributed by atoms with Gasteiger partial charge in [0.2, 0.25) is 0 Å². The summed E-state index contributed by atoms with van der Waals surface area (Å²) in [4.78, 5) is 0. The van der Waals surface area contributed by atoms with E-state index >= 15 is 0 Å². The first-order valence-electron chi connectivity index (χ1n) is 5.70. The fourth-order valence-electron chi connectivity index (χ4n) is 1.91. The highest BCUT2D eigenvalue weighted by Gasteiger charge is 2.36. The predicted octanol–water partition coefficient (Wildman–Crippen LogP) is 0.898. The molecule has 1 aliphatic carbocycles. The summed E-state index contributed by atoms with van der Waals surface area (Å²) in [6.45, 7) is 4.19. The molecule has 3 nitrogen and oxygen atoms in total. The van der Waals surface area contributed by atoms with Gasteiger partial charge in [0, 0.05) is 6.04 Å². The van der Waals surface area contributed by atoms with Gasteiger partial charge in [-0.25, -0.2) is 0 Å². The van der Waals surface area contributed by atoms with Crippen LogP contribution in [0, 0.1) is 5.92 Å². The van der Waals surface area contributed by atoms with Crippen molar-refractivity contribution >= 4 is 0 Å². The molecule has 84 valence electrons. The number of hydrogen-bond donors (Lipinski definition) is 3. The minimum Gasteiger partial charge on any atom is -0.394 e. The van der Waals surface area contributed by atoms with Crippen LogP contribution in [-0.4, -0.2) is 35.0 Å². The van der Waals surface area contributed by atoms with E-state index in [1.165, 1.54) is 12.8 Å². The van der Waals surface area contributed by atoms with Gasteiger partial charge in [-0.2, -0.15) is 0 Å². The van der Waals surface area contributed by atoms with Crippen molar-refractivity contribution in [2.75, 3.05) is 13.2 Å². The maximum absolute atomic E-state index is 9.30. The van der Waals surface area contributed by atoms with Gasteiger partial charge in [-0.15, -0.1) is 0 Å². The molecule has 1 saturated carbocycles. The Bertz CT molecular complexity index is 156. The smallest absolute Gasteiger partial charge is 0.0647 e. The lowest BCUT2D eigenvalue weighted by Gasteiger charge is -2.34. The Morgan fingerprint density at radius 3 is 2.14 bits per heavy atom. The van der Waals surface area contributed by atoms with Gasteiger partial charge in [-0.3, -0.25) is 0 Å². The molecule has 1 aliphatic rings. The zero-order valence-electron chi connectivity index (χ0n) is 9.29. The molecule has 0 bridgehead atoms. The molecule has 14 heavy (non-hydrogen) atoms. The number of hydrogen-bond acceptors (Lipinski definition) is 3. The van der Waals surface area contributed by atoms with Crippen LogP contribution in [0.1, 0.15) is 39.5 Å². The number of rotatable bonds is 7. The predicted molar refractivity (Wildman–Crippen MR) is 57.1 cm³/mol. The van der Waals surface area contributed by atoms with E-state index in [9.17, 15) is 10.2 Å². The molecule has 0 aromatic heterocycles. The van der Waals surface area contributed by atoms with E-state index < -0.39 is 5.54 Å². The Morgan fingerprint density at radius 2 is 1.86 bits per heavy atom. The lowest BCUT2D eigenvalue weighted by atomic mass is 9.95. The third-order valence-electron chi connectivity index (χ3n) is 3.40. The molecule has 0 saturated heterocycles. The summed E-state index contributed by atoms with van der Waals surface area (Å²) in [7, 11) is 0. The summed E-state index contributed by atoms with van der Waals surface area (Å²) >= 11 is 0. The van der Waals surface area contributed by atoms with E-state index in [0.717, 1.165) is 18.8 Å². The van der Waals surface area contributed by atoms with Crippen molar-refractivity contribution in [3.63, 3.8) is 0 Å². The molecular formula is C11H23NO2. The van der Waals surface area contributed by atoms with Gasteiger partial charge in [-0.1, -0.05) is 13.8 Å². The molecule has 1 unspecified atom stereocenters. The van der Waals surface area contributed by atoms with E-state index in [-0.39, 0.29) is 13.2 Å². The van der Waals surface area contributed by atoms with Gasteiger partial charge in [-0.05, 0) is 31.6 Å². The normalized spacial score (nSPS) is 19.7. The van der Waals surface area contributed by atoms with Crippen LogP contribution in [0.5, 0.6) is 0 Å². The number of aliphatic hydroxyl groups is 2. The van der Waals surface area contributed by atoms with Crippen LogP contribution in [-0.2, 0) is 0 Å². The minimum absolute atomic E-state index is 0.0171. The summed E-state index contributed by atoms with van der Waals surface area (Å²) < 4.78 is 0. The summed E-state index contributed by atoms with van der Waals surface area (Å²) in [6.07, 6.45) is 4.43. The summed E-state index contributed by atoms with van der Waals surface area (Å²) in [5, 5.41) is 22.0. The molecular weight excluding hydrogens is 178 g/mol. The van der Waals surface area contributed by atoms with Crippen LogP contribution >= 0.6 is 0 Å². The molecule has 3 N–H and O–H groups in total. The highest BCUT2D eigenvalue weighted by Crippen LogP contribution is 2.35. The second-order valence-electron chi connectivity index (χ2n) is 4.45. The Kier molecular flexibility index (Phi) is 4.35. The van der Waals surface area contributed by atoms with Gasteiger partial charge < -0.3 is 15.5 Å². The molecule has 0 radical (unpaired) electrons. The van der Waals surface area contributed by atoms with Gasteiger partial charge >= 0.3 is 0 Å². The lowest BCUT2D eigenvalue weighted by molar-refractivity contribution is 0.0742. The molecule has 0 aromatic rings. The average molecular weight is 201 g/mol. The highest BCUT2D eigenvalue weighted by molar-refractivity contribution is 4.94. The molecule has 1 fully saturated rings. The minimum atomic E-state index is -0.469. The van der Waals surface area contributed by atoms with Crippen molar-refractivity contribution in [1.29, 1.82) is 0 Å². The van der Waals surface area contributed by atoms with Crippen molar-refractivity contribution in [1.82, 2.24) is 5.32 Å². The van der Waals surface area contributed by atoms with Crippen LogP contribution in [0.2, 0.25) is 0 Å². The molecule has 0 amide bonds. The van der Waals surface area contributed by atoms with Crippen LogP contribution in [0.3, 0.4) is 0 Å². The monoisotopic (exact) mass is 201 g/mol. The average Bonchev–Trinajstić information content (AvgIpc) is 3.05. The van der Waals surface area contributed by atoms with Gasteiger partial charge in [0.1, 0.15) is 0 Å². The Morgan fingerprint density at radius 1 is 1.29 bits per heavy atom. The SMILES string of the molecule is CCC(NC(CC)(CO)CO)C1CC1. The third-order valence-corrected chi connectivity index (χ3v) is 3.40. The second kappa shape index (κ2) is 5.10. The maximum Gasteiger partial charge on any atom is 0.0647 e. The lowest BCUT2D eigenvalue weighted by Crippen LogP contribution is -2.55. The molecule has 3 heteroatoms. The molecule has 0 spiro atoms. The fraction of sp³-hybridized carbons (Fsp3) is 1.00. The molecule has 1 rings (SSSR count). The van der Waals surface area contributed by atoms with Gasteiger partial charge in [0.25, 0.3) is 0 Å². The summed E-state index contributed by atoms with van der Waals surface area (Å²) in [5.74, 6) is 0.768. The van der Waals surface area contributed by atoms with Crippen LogP contribution in [0.15, 0.2) is 0 Å². The first kappa shape index (κ1) is 12.0. The van der Waals surface area contributed by atoms with Crippen molar-refractivity contribution < 1.29 is 10.2 Å². The first-order valence-corrected chi connectivity index (χ1v) is 5.70. The van der Waals surface area contributed by atoms with E-state index in [1.54, 1.807) is 0 Å². The topological polar surface area (TPSA) is 52.5 Å². The standard InChI is InChI=1S/C11H23NO2/c1-3-10(9-5-6-9)12-11(4-2,7-13)8-14/h9-10,12-14H,3-8H2,1-2H3. The molecule has 1 atom stereocenters. The number of aliphatic hydroxyl groups excluding tert-OH is 2. The van der Waals surface area contributed by atoms with Crippen LogP contribution < -0.4 is 5.32 Å². The molecule has 0 aromatic carbocycles. The largest absolute Gasteiger partial charge is 0.394 e. The highest BCUT2D eigenvalue weighted by atomic mass is 16.3. The van der Waals surface area contributed by atoms with E-state index in [0.29, 0.717) is 6.04 Å². The quantitative estimate of drug-likeness (QED) is 0.573. The Labute approximate surface area is 86.5 Å². The van der Waals surface area contributed by atoms with Gasteiger partial charge in [0.05, 0.1) is 18.8 Å². The summed E-state index contributed by atoms with van der Waals surface area (Å²) in [6, 6.07) is 0.467. The first-order chi connectivity index (χ1) is 6.71. The van der Waals surface area contributed by atoms with Crippen molar-refractivity contribution in [2.24, 2.45) is 5.92 Å². The van der Waals surface area contributed by atoms with Crippen molar-refractivity contribution in [3.8, 4) is 0 Å². The van der Waals surface area contributed by atoms with E-state index in [2.05, 4.69) is 12.2 Å². The number of nitrogens with one attached hydrogen (secondary N) is 1. The zero-order valence-corrected chi connectivity index (χ0v) is 9.29. The molecule has 0 heterocycles. The Balaban J connectivity index is 2.51. The van der Waals surface area contributed by atoms with Gasteiger partial charge in [0.15, 0.2) is 0 Å². The van der Waals surface area contributed by atoms with E-state index in [4.69, 9.17) is 0 Å². The third kappa shape index (κ3) is 2.69. The maximum atomic E-state index is 9.30. The van der Waals surface area contributed by atoms with E-state index in [1.807, 2.05) is 6.92 Å². The Hall–Kier alpha value is -0.120. The second-order valence-corrected chi connectivity index (χ2v) is 4.45. The van der Waals surface area contributed by atoms with Crippen molar-refractivity contribution in [3.05, 3.63) is 0 Å². The fourth-order valence-corrected chi connectivity index (χ4v) is 1.91. The molecule has 0 aliphatic heterocycles. The summed E-state index contributed by atoms with van der Waals surface area (Å²) in [5.41, 5.74) is -0.469. The zero-order chi connectivity index (χ0) is 10.6. The van der Waals surface area contributed by atoms with Crippen molar-refractivity contribution in [2.45, 2.75) is 51.1 Å². The van der Waals surface area contributed by atoms with Crippen LogP contribution in [0.4, 0.5) is 0 Å². The van der Waals surface area contributed by atoms with Crippen LogP contribution in [0.25, 0.3) is 0 Å².